The Morgan fingerprint density at radius 2 is 1.90 bits per heavy atom. The molecule has 0 atom stereocenters. The van der Waals surface area contributed by atoms with E-state index in [1.807, 2.05) is 40.9 Å². The molecule has 2 heterocycles. The Labute approximate surface area is 124 Å². The van der Waals surface area contributed by atoms with E-state index in [0.29, 0.717) is 18.3 Å². The molecule has 0 aliphatic rings. The zero-order valence-electron chi connectivity index (χ0n) is 12.3. The summed E-state index contributed by atoms with van der Waals surface area (Å²) in [5, 5.41) is 0. The fraction of sp³-hybridized carbons (Fsp3) is 0.235. The van der Waals surface area contributed by atoms with E-state index in [1.54, 1.807) is 0 Å². The van der Waals surface area contributed by atoms with Gasteiger partial charge in [-0.25, -0.2) is 0 Å². The third-order valence-corrected chi connectivity index (χ3v) is 3.55. The Morgan fingerprint density at radius 3 is 2.57 bits per heavy atom. The van der Waals surface area contributed by atoms with Gasteiger partial charge in [0.15, 0.2) is 0 Å². The molecule has 0 amide bonds. The predicted octanol–water partition coefficient (Wildman–Crippen LogP) is 3.71. The van der Waals surface area contributed by atoms with Crippen LogP contribution in [-0.4, -0.2) is 9.38 Å². The summed E-state index contributed by atoms with van der Waals surface area (Å²) < 4.78 is 7.86. The number of pyridine rings is 1. The van der Waals surface area contributed by atoms with E-state index in [9.17, 15) is 0 Å². The average molecular weight is 281 g/mol. The van der Waals surface area contributed by atoms with E-state index in [0.717, 1.165) is 17.1 Å². The zero-order chi connectivity index (χ0) is 14.8. The van der Waals surface area contributed by atoms with Crippen LogP contribution in [0.4, 0.5) is 0 Å². The topological polar surface area (TPSA) is 52.5 Å². The second-order valence-electron chi connectivity index (χ2n) is 5.32. The standard InChI is InChI=1S/C17H19N3O/c1-12(2)13-6-8-14(9-7-13)21-17-15(11-18)20-10-4-3-5-16(20)19-17/h3-10,12H,11,18H2,1-2H3. The monoisotopic (exact) mass is 281 g/mol. The molecule has 1 aromatic carbocycles. The van der Waals surface area contributed by atoms with Crippen molar-refractivity contribution in [2.45, 2.75) is 26.3 Å². The zero-order valence-corrected chi connectivity index (χ0v) is 12.3. The van der Waals surface area contributed by atoms with Gasteiger partial charge in [0.05, 0.1) is 0 Å². The van der Waals surface area contributed by atoms with Gasteiger partial charge in [0.25, 0.3) is 0 Å². The first-order valence-corrected chi connectivity index (χ1v) is 7.13. The predicted molar refractivity (Wildman–Crippen MR) is 83.7 cm³/mol. The molecule has 4 nitrogen and oxygen atoms in total. The molecule has 0 aliphatic heterocycles. The molecule has 4 heteroatoms. The summed E-state index contributed by atoms with van der Waals surface area (Å²) in [6, 6.07) is 13.9. The summed E-state index contributed by atoms with van der Waals surface area (Å²) >= 11 is 0. The first-order chi connectivity index (χ1) is 10.2. The number of ether oxygens (including phenoxy) is 1. The van der Waals surface area contributed by atoms with Crippen molar-refractivity contribution in [1.29, 1.82) is 0 Å². The van der Waals surface area contributed by atoms with Crippen LogP contribution in [0.25, 0.3) is 5.65 Å². The SMILES string of the molecule is CC(C)c1ccc(Oc2nc3ccccn3c2CN)cc1. The Kier molecular flexibility index (Phi) is 3.62. The molecular formula is C17H19N3O. The first kappa shape index (κ1) is 13.6. The van der Waals surface area contributed by atoms with Gasteiger partial charge >= 0.3 is 0 Å². The van der Waals surface area contributed by atoms with E-state index in [4.69, 9.17) is 10.5 Å². The molecule has 0 aliphatic carbocycles. The minimum Gasteiger partial charge on any atom is -0.437 e. The van der Waals surface area contributed by atoms with Gasteiger partial charge in [-0.05, 0) is 35.7 Å². The smallest absolute Gasteiger partial charge is 0.242 e. The lowest BCUT2D eigenvalue weighted by molar-refractivity contribution is 0.459. The van der Waals surface area contributed by atoms with Crippen LogP contribution in [0.3, 0.4) is 0 Å². The lowest BCUT2D eigenvalue weighted by Crippen LogP contribution is -2.02. The molecule has 2 N–H and O–H groups in total. The van der Waals surface area contributed by atoms with Crippen LogP contribution in [0.15, 0.2) is 48.7 Å². The van der Waals surface area contributed by atoms with Crippen molar-refractivity contribution in [3.8, 4) is 11.6 Å². The molecule has 0 saturated carbocycles. The van der Waals surface area contributed by atoms with E-state index in [-0.39, 0.29) is 0 Å². The summed E-state index contributed by atoms with van der Waals surface area (Å²) in [4.78, 5) is 4.50. The lowest BCUT2D eigenvalue weighted by Gasteiger charge is -2.08. The summed E-state index contributed by atoms with van der Waals surface area (Å²) in [7, 11) is 0. The summed E-state index contributed by atoms with van der Waals surface area (Å²) in [5.41, 5.74) is 8.84. The molecule has 0 bridgehead atoms. The van der Waals surface area contributed by atoms with Gasteiger partial charge < -0.3 is 10.5 Å². The molecule has 3 aromatic rings. The maximum atomic E-state index is 5.91. The number of nitrogens with zero attached hydrogens (tertiary/aromatic N) is 2. The Hall–Kier alpha value is -2.33. The van der Waals surface area contributed by atoms with Crippen molar-refractivity contribution in [1.82, 2.24) is 9.38 Å². The summed E-state index contributed by atoms with van der Waals surface area (Å²) in [6.45, 7) is 4.72. The van der Waals surface area contributed by atoms with Crippen molar-refractivity contribution in [2.75, 3.05) is 0 Å². The van der Waals surface area contributed by atoms with Crippen LogP contribution < -0.4 is 10.5 Å². The second-order valence-corrected chi connectivity index (χ2v) is 5.32. The normalized spacial score (nSPS) is 11.2. The van der Waals surface area contributed by atoms with E-state index < -0.39 is 0 Å². The highest BCUT2D eigenvalue weighted by atomic mass is 16.5. The van der Waals surface area contributed by atoms with Crippen LogP contribution in [-0.2, 0) is 6.54 Å². The van der Waals surface area contributed by atoms with Crippen molar-refractivity contribution in [3.05, 3.63) is 59.9 Å². The Bertz CT molecular complexity index is 744. The van der Waals surface area contributed by atoms with Crippen LogP contribution in [0.2, 0.25) is 0 Å². The van der Waals surface area contributed by atoms with Gasteiger partial charge in [0.2, 0.25) is 5.88 Å². The van der Waals surface area contributed by atoms with Gasteiger partial charge in [-0.3, -0.25) is 4.40 Å². The molecule has 0 radical (unpaired) electrons. The second kappa shape index (κ2) is 5.58. The Balaban J connectivity index is 1.94. The molecule has 21 heavy (non-hydrogen) atoms. The van der Waals surface area contributed by atoms with Crippen molar-refractivity contribution in [3.63, 3.8) is 0 Å². The summed E-state index contributed by atoms with van der Waals surface area (Å²) in [5.74, 6) is 1.85. The van der Waals surface area contributed by atoms with Crippen molar-refractivity contribution < 1.29 is 4.74 Å². The van der Waals surface area contributed by atoms with Gasteiger partial charge in [0.1, 0.15) is 17.1 Å². The number of fused-ring (bicyclic) bond motifs is 1. The van der Waals surface area contributed by atoms with Crippen LogP contribution in [0.1, 0.15) is 31.0 Å². The number of nitrogens with two attached hydrogens (primary N) is 1. The number of imidazole rings is 1. The van der Waals surface area contributed by atoms with E-state index in [1.165, 1.54) is 5.56 Å². The molecular weight excluding hydrogens is 262 g/mol. The highest BCUT2D eigenvalue weighted by Gasteiger charge is 2.12. The highest BCUT2D eigenvalue weighted by Crippen LogP contribution is 2.27. The Morgan fingerprint density at radius 1 is 1.14 bits per heavy atom. The van der Waals surface area contributed by atoms with Crippen LogP contribution in [0.5, 0.6) is 11.6 Å². The van der Waals surface area contributed by atoms with Crippen molar-refractivity contribution >= 4 is 5.65 Å². The number of benzene rings is 1. The largest absolute Gasteiger partial charge is 0.437 e. The number of hydrogen-bond acceptors (Lipinski definition) is 3. The minimum absolute atomic E-state index is 0.380. The van der Waals surface area contributed by atoms with Crippen LogP contribution >= 0.6 is 0 Å². The van der Waals surface area contributed by atoms with Gasteiger partial charge in [-0.1, -0.05) is 32.0 Å². The fourth-order valence-corrected chi connectivity index (χ4v) is 2.32. The quantitative estimate of drug-likeness (QED) is 0.793. The van der Waals surface area contributed by atoms with Gasteiger partial charge in [-0.2, -0.15) is 4.98 Å². The molecule has 3 rings (SSSR count). The molecule has 0 fully saturated rings. The maximum absolute atomic E-state index is 5.91. The van der Waals surface area contributed by atoms with Crippen LogP contribution in [0, 0.1) is 0 Å². The molecule has 108 valence electrons. The fourth-order valence-electron chi connectivity index (χ4n) is 2.32. The number of aromatic nitrogens is 2. The van der Waals surface area contributed by atoms with E-state index in [2.05, 4.69) is 31.0 Å². The summed E-state index contributed by atoms with van der Waals surface area (Å²) in [6.07, 6.45) is 1.94. The highest BCUT2D eigenvalue weighted by molar-refractivity contribution is 5.46. The van der Waals surface area contributed by atoms with Gasteiger partial charge in [-0.15, -0.1) is 0 Å². The third kappa shape index (κ3) is 2.62. The average Bonchev–Trinajstić information content (AvgIpc) is 2.84. The first-order valence-electron chi connectivity index (χ1n) is 7.13. The molecule has 0 unspecified atom stereocenters. The van der Waals surface area contributed by atoms with E-state index >= 15 is 0 Å². The maximum Gasteiger partial charge on any atom is 0.242 e. The minimum atomic E-state index is 0.380. The molecule has 0 saturated heterocycles. The third-order valence-electron chi connectivity index (χ3n) is 3.55. The van der Waals surface area contributed by atoms with Crippen molar-refractivity contribution in [2.24, 2.45) is 5.73 Å². The van der Waals surface area contributed by atoms with Gasteiger partial charge in [0, 0.05) is 12.7 Å². The molecule has 2 aromatic heterocycles. The number of hydrogen-bond donors (Lipinski definition) is 1. The number of rotatable bonds is 4. The molecule has 0 spiro atoms. The lowest BCUT2D eigenvalue weighted by atomic mass is 10.0.